The smallest absolute Gasteiger partial charge is 0.263 e. The van der Waals surface area contributed by atoms with E-state index in [1.807, 2.05) is 0 Å². The van der Waals surface area contributed by atoms with Gasteiger partial charge in [-0.25, -0.2) is 13.1 Å². The molecule has 0 saturated heterocycles. The minimum Gasteiger partial charge on any atom is -0.307 e. The van der Waals surface area contributed by atoms with Crippen molar-refractivity contribution in [1.82, 2.24) is 9.78 Å². The predicted octanol–water partition coefficient (Wildman–Crippen LogP) is 5.04. The van der Waals surface area contributed by atoms with Crippen LogP contribution in [0.5, 0.6) is 0 Å². The molecule has 3 rings (SSSR count). The van der Waals surface area contributed by atoms with Gasteiger partial charge in [0.1, 0.15) is 10.7 Å². The van der Waals surface area contributed by atoms with Gasteiger partial charge < -0.3 is 5.32 Å². The minimum atomic E-state index is -4.02. The van der Waals surface area contributed by atoms with E-state index in [9.17, 15) is 13.2 Å². The molecule has 0 unspecified atom stereocenters. The first kappa shape index (κ1) is 22.1. The van der Waals surface area contributed by atoms with Gasteiger partial charge in [0.2, 0.25) is 0 Å². The third-order valence-electron chi connectivity index (χ3n) is 4.26. The number of hydrogen-bond donors (Lipinski definition) is 2. The molecule has 0 saturated carbocycles. The first-order chi connectivity index (χ1) is 14.3. The van der Waals surface area contributed by atoms with E-state index in [1.54, 1.807) is 29.1 Å². The zero-order chi connectivity index (χ0) is 21.7. The molecule has 2 aromatic carbocycles. The Morgan fingerprint density at radius 2 is 1.83 bits per heavy atom. The Hall–Kier alpha value is -2.55. The normalized spacial score (nSPS) is 11.3. The van der Waals surface area contributed by atoms with Crippen LogP contribution in [0.1, 0.15) is 30.1 Å². The number of rotatable bonds is 8. The van der Waals surface area contributed by atoms with E-state index in [2.05, 4.69) is 22.1 Å². The van der Waals surface area contributed by atoms with Crippen molar-refractivity contribution in [2.24, 2.45) is 0 Å². The average Bonchev–Trinajstić information content (AvgIpc) is 3.15. The summed E-state index contributed by atoms with van der Waals surface area (Å²) in [7, 11) is -4.02. The molecule has 1 amide bonds. The number of nitrogens with one attached hydrogen (secondary N) is 2. The van der Waals surface area contributed by atoms with E-state index in [0.29, 0.717) is 23.1 Å². The molecule has 0 aliphatic heterocycles. The molecule has 0 atom stereocenters. The van der Waals surface area contributed by atoms with Gasteiger partial charge in [0, 0.05) is 28.9 Å². The number of amides is 1. The van der Waals surface area contributed by atoms with Crippen LogP contribution in [0.25, 0.3) is 0 Å². The Kier molecular flexibility index (Phi) is 7.02. The number of hydrogen-bond acceptors (Lipinski definition) is 4. The highest BCUT2D eigenvalue weighted by Crippen LogP contribution is 2.26. The van der Waals surface area contributed by atoms with Crippen LogP contribution >= 0.6 is 23.2 Å². The lowest BCUT2D eigenvalue weighted by Crippen LogP contribution is -2.18. The SMILES string of the molecule is CCCCn1nccc1NC(=O)c1ccc(Cl)c(S(=O)(=O)Nc2ccc(Cl)cc2)c1. The summed E-state index contributed by atoms with van der Waals surface area (Å²) in [5.41, 5.74) is 0.476. The molecular formula is C20H20Cl2N4O3S. The van der Waals surface area contributed by atoms with Crippen molar-refractivity contribution < 1.29 is 13.2 Å². The number of nitrogens with zero attached hydrogens (tertiary/aromatic N) is 2. The fourth-order valence-corrected chi connectivity index (χ4v) is 4.40. The third-order valence-corrected chi connectivity index (χ3v) is 6.38. The lowest BCUT2D eigenvalue weighted by molar-refractivity contribution is 0.102. The van der Waals surface area contributed by atoms with E-state index in [0.717, 1.165) is 12.8 Å². The molecule has 0 spiro atoms. The molecule has 1 aromatic heterocycles. The second kappa shape index (κ2) is 9.51. The summed E-state index contributed by atoms with van der Waals surface area (Å²) in [4.78, 5) is 12.5. The van der Waals surface area contributed by atoms with Crippen LogP contribution in [-0.4, -0.2) is 24.1 Å². The third kappa shape index (κ3) is 5.33. The van der Waals surface area contributed by atoms with Crippen LogP contribution in [0.3, 0.4) is 0 Å². The maximum absolute atomic E-state index is 12.8. The van der Waals surface area contributed by atoms with Crippen molar-refractivity contribution in [3.63, 3.8) is 0 Å². The number of carbonyl (C=O) groups excluding carboxylic acids is 1. The zero-order valence-electron chi connectivity index (χ0n) is 16.1. The molecule has 0 aliphatic carbocycles. The molecule has 2 N–H and O–H groups in total. The number of benzene rings is 2. The van der Waals surface area contributed by atoms with Gasteiger partial charge in [-0.15, -0.1) is 0 Å². The molecule has 0 radical (unpaired) electrons. The van der Waals surface area contributed by atoms with Gasteiger partial charge in [0.15, 0.2) is 0 Å². The lowest BCUT2D eigenvalue weighted by atomic mass is 10.2. The Bertz CT molecular complexity index is 1150. The number of unbranched alkanes of at least 4 members (excludes halogenated alkanes) is 1. The molecule has 7 nitrogen and oxygen atoms in total. The summed E-state index contributed by atoms with van der Waals surface area (Å²) >= 11 is 11.9. The standard InChI is InChI=1S/C20H20Cl2N4O3S/c1-2-3-12-26-19(10-11-23-26)24-20(27)14-4-9-17(22)18(13-14)30(28,29)25-16-7-5-15(21)6-8-16/h4-11,13,25H,2-3,12H2,1H3,(H,24,27). The van der Waals surface area contributed by atoms with Crippen molar-refractivity contribution in [3.8, 4) is 0 Å². The fourth-order valence-electron chi connectivity index (χ4n) is 2.69. The Labute approximate surface area is 185 Å². The van der Waals surface area contributed by atoms with Gasteiger partial charge >= 0.3 is 0 Å². The number of sulfonamides is 1. The Morgan fingerprint density at radius 3 is 2.53 bits per heavy atom. The fraction of sp³-hybridized carbons (Fsp3) is 0.200. The number of anilines is 2. The molecule has 10 heteroatoms. The molecule has 158 valence electrons. The van der Waals surface area contributed by atoms with Gasteiger partial charge in [-0.1, -0.05) is 36.5 Å². The topological polar surface area (TPSA) is 93.1 Å². The number of aryl methyl sites for hydroxylation is 1. The summed E-state index contributed by atoms with van der Waals surface area (Å²) in [6, 6.07) is 11.9. The predicted molar refractivity (Wildman–Crippen MR) is 119 cm³/mol. The van der Waals surface area contributed by atoms with E-state index >= 15 is 0 Å². The van der Waals surface area contributed by atoms with E-state index < -0.39 is 15.9 Å². The van der Waals surface area contributed by atoms with E-state index in [-0.39, 0.29) is 15.5 Å². The van der Waals surface area contributed by atoms with Crippen molar-refractivity contribution in [3.05, 3.63) is 70.3 Å². The first-order valence-electron chi connectivity index (χ1n) is 9.21. The highest BCUT2D eigenvalue weighted by molar-refractivity contribution is 7.92. The summed E-state index contributed by atoms with van der Waals surface area (Å²) in [5.74, 6) is 0.0694. The first-order valence-corrected chi connectivity index (χ1v) is 11.4. The van der Waals surface area contributed by atoms with Crippen molar-refractivity contribution in [1.29, 1.82) is 0 Å². The monoisotopic (exact) mass is 466 g/mol. The number of carbonyl (C=O) groups is 1. The molecule has 0 fully saturated rings. The molecule has 0 bridgehead atoms. The van der Waals surface area contributed by atoms with E-state index in [1.165, 1.54) is 30.3 Å². The van der Waals surface area contributed by atoms with Crippen molar-refractivity contribution in [2.45, 2.75) is 31.2 Å². The highest BCUT2D eigenvalue weighted by Gasteiger charge is 2.21. The van der Waals surface area contributed by atoms with Gasteiger partial charge in [-0.2, -0.15) is 5.10 Å². The van der Waals surface area contributed by atoms with Crippen LogP contribution in [0, 0.1) is 0 Å². The van der Waals surface area contributed by atoms with Crippen molar-refractivity contribution in [2.75, 3.05) is 10.0 Å². The molecular weight excluding hydrogens is 447 g/mol. The van der Waals surface area contributed by atoms with Crippen LogP contribution in [0.4, 0.5) is 11.5 Å². The Balaban J connectivity index is 1.83. The van der Waals surface area contributed by atoms with Gasteiger partial charge in [0.25, 0.3) is 15.9 Å². The quantitative estimate of drug-likeness (QED) is 0.485. The molecule has 0 aliphatic rings. The van der Waals surface area contributed by atoms with Gasteiger partial charge in [-0.05, 0) is 48.9 Å². The van der Waals surface area contributed by atoms with Gasteiger partial charge in [-0.3, -0.25) is 9.52 Å². The second-order valence-electron chi connectivity index (χ2n) is 6.50. The summed E-state index contributed by atoms with van der Waals surface area (Å²) < 4.78 is 29.7. The summed E-state index contributed by atoms with van der Waals surface area (Å²) in [5, 5.41) is 7.43. The van der Waals surface area contributed by atoms with Crippen molar-refractivity contribution >= 4 is 50.6 Å². The molecule has 30 heavy (non-hydrogen) atoms. The molecule has 1 heterocycles. The highest BCUT2D eigenvalue weighted by atomic mass is 35.5. The van der Waals surface area contributed by atoms with Crippen LogP contribution < -0.4 is 10.0 Å². The van der Waals surface area contributed by atoms with Crippen LogP contribution in [0.15, 0.2) is 59.6 Å². The number of halogens is 2. The second-order valence-corrected chi connectivity index (χ2v) is 9.00. The summed E-state index contributed by atoms with van der Waals surface area (Å²) in [6.45, 7) is 2.74. The largest absolute Gasteiger partial charge is 0.307 e. The zero-order valence-corrected chi connectivity index (χ0v) is 18.4. The van der Waals surface area contributed by atoms with Crippen LogP contribution in [-0.2, 0) is 16.6 Å². The molecule has 3 aromatic rings. The lowest BCUT2D eigenvalue weighted by Gasteiger charge is -2.12. The summed E-state index contributed by atoms with van der Waals surface area (Å²) in [6.07, 6.45) is 3.51. The maximum Gasteiger partial charge on any atom is 0.263 e. The minimum absolute atomic E-state index is 0.000927. The maximum atomic E-state index is 12.8. The van der Waals surface area contributed by atoms with E-state index in [4.69, 9.17) is 23.2 Å². The number of aromatic nitrogens is 2. The Morgan fingerprint density at radius 1 is 1.10 bits per heavy atom. The average molecular weight is 467 g/mol. The van der Waals surface area contributed by atoms with Crippen LogP contribution in [0.2, 0.25) is 10.0 Å². The van der Waals surface area contributed by atoms with Gasteiger partial charge in [0.05, 0.1) is 11.2 Å².